The zero-order valence-electron chi connectivity index (χ0n) is 31.3. The van der Waals surface area contributed by atoms with Crippen molar-refractivity contribution in [3.05, 3.63) is 92.2 Å². The van der Waals surface area contributed by atoms with Gasteiger partial charge in [-0.3, -0.25) is 14.8 Å². The Morgan fingerprint density at radius 1 is 0.764 bits per heavy atom. The van der Waals surface area contributed by atoms with Gasteiger partial charge in [0.1, 0.15) is 39.7 Å². The predicted octanol–water partition coefficient (Wildman–Crippen LogP) is 8.91. The van der Waals surface area contributed by atoms with Gasteiger partial charge in [-0.05, 0) is 121 Å². The summed E-state index contributed by atoms with van der Waals surface area (Å²) in [6.07, 6.45) is 15.4. The lowest BCUT2D eigenvalue weighted by Crippen LogP contribution is -2.21. The van der Waals surface area contributed by atoms with Crippen LogP contribution in [0.5, 0.6) is 0 Å². The Hall–Kier alpha value is -4.91. The number of carbonyl (C=O) groups is 1. The van der Waals surface area contributed by atoms with E-state index in [0.29, 0.717) is 24.0 Å². The highest BCUT2D eigenvalue weighted by molar-refractivity contribution is 7.19. The highest BCUT2D eigenvalue weighted by Crippen LogP contribution is 2.42. The molecular formula is C43H45N9OS2. The number of anilines is 4. The van der Waals surface area contributed by atoms with Crippen molar-refractivity contribution in [2.24, 2.45) is 33.5 Å². The molecule has 2 aliphatic heterocycles. The summed E-state index contributed by atoms with van der Waals surface area (Å²) in [5.41, 5.74) is 15.7. The number of Topliss-reactive ketones (excluding diaryl/α,β-unsaturated/α-hetero) is 1. The molecule has 4 aromatic heterocycles. The Labute approximate surface area is 328 Å². The molecule has 2 aromatic carbocycles. The summed E-state index contributed by atoms with van der Waals surface area (Å²) in [5.74, 6) is 3.51. The molecule has 0 bridgehead atoms. The van der Waals surface area contributed by atoms with Gasteiger partial charge >= 0.3 is 0 Å². The molecule has 10 rings (SSSR count). The van der Waals surface area contributed by atoms with Gasteiger partial charge in [0.15, 0.2) is 0 Å². The topological polar surface area (TPSA) is 143 Å². The Morgan fingerprint density at radius 3 is 1.82 bits per heavy atom. The second-order valence-corrected chi connectivity index (χ2v) is 17.6. The van der Waals surface area contributed by atoms with Gasteiger partial charge in [-0.1, -0.05) is 26.0 Å². The minimum atomic E-state index is 0.142. The summed E-state index contributed by atoms with van der Waals surface area (Å²) in [6.45, 7) is 6.31. The summed E-state index contributed by atoms with van der Waals surface area (Å²) >= 11 is 3.59. The second kappa shape index (κ2) is 15.3. The van der Waals surface area contributed by atoms with Crippen molar-refractivity contribution in [3.63, 3.8) is 0 Å². The van der Waals surface area contributed by atoms with E-state index < -0.39 is 0 Å². The fourth-order valence-corrected chi connectivity index (χ4v) is 10.9. The number of thiophene rings is 2. The number of hydrogen-bond acceptors (Lipinski definition) is 12. The van der Waals surface area contributed by atoms with Crippen LogP contribution in [0.15, 0.2) is 59.0 Å². The number of fused-ring (bicyclic) bond motifs is 8. The van der Waals surface area contributed by atoms with Crippen LogP contribution in [0.2, 0.25) is 0 Å². The number of ketones is 1. The molecule has 4 N–H and O–H groups in total. The molecule has 0 saturated carbocycles. The molecule has 12 heteroatoms. The maximum absolute atomic E-state index is 12.0. The van der Waals surface area contributed by atoms with Crippen molar-refractivity contribution >= 4 is 84.3 Å². The molecule has 6 aromatic rings. The van der Waals surface area contributed by atoms with E-state index in [9.17, 15) is 4.79 Å². The van der Waals surface area contributed by atoms with Crippen molar-refractivity contribution < 1.29 is 4.79 Å². The summed E-state index contributed by atoms with van der Waals surface area (Å²) < 4.78 is 0. The SMILES string of the molecule is CC(C)C(=O)CCC1CCc2c(sc3ncnc(Nc4ccc5c(c4)C=NC5)c23)C1.NCC1CCc2c(sc3ncnc(Nc4ccc5c(c4)C=NC5)c23)C1. The zero-order chi connectivity index (χ0) is 37.5. The maximum atomic E-state index is 12.0. The normalized spacial score (nSPS) is 17.8. The highest BCUT2D eigenvalue weighted by Gasteiger charge is 2.27. The third kappa shape index (κ3) is 7.30. The van der Waals surface area contributed by atoms with Crippen LogP contribution in [0.25, 0.3) is 20.4 Å². The van der Waals surface area contributed by atoms with E-state index in [2.05, 4.69) is 77.0 Å². The first kappa shape index (κ1) is 35.8. The molecule has 4 aliphatic rings. The van der Waals surface area contributed by atoms with E-state index in [1.807, 2.05) is 26.3 Å². The molecule has 280 valence electrons. The van der Waals surface area contributed by atoms with Gasteiger partial charge in [-0.25, -0.2) is 19.9 Å². The first-order valence-corrected chi connectivity index (χ1v) is 21.1. The predicted molar refractivity (Wildman–Crippen MR) is 226 cm³/mol. The number of hydrogen-bond donors (Lipinski definition) is 3. The summed E-state index contributed by atoms with van der Waals surface area (Å²) in [4.78, 5) is 43.9. The van der Waals surface area contributed by atoms with E-state index in [-0.39, 0.29) is 5.92 Å². The smallest absolute Gasteiger partial charge is 0.142 e. The summed E-state index contributed by atoms with van der Waals surface area (Å²) in [7, 11) is 0. The second-order valence-electron chi connectivity index (χ2n) is 15.4. The number of nitrogens with two attached hydrogens (primary N) is 1. The molecule has 0 amide bonds. The van der Waals surface area contributed by atoms with Crippen LogP contribution in [0, 0.1) is 17.8 Å². The molecule has 2 unspecified atom stereocenters. The van der Waals surface area contributed by atoms with Gasteiger partial charge in [0.25, 0.3) is 0 Å². The van der Waals surface area contributed by atoms with Crippen LogP contribution in [-0.2, 0) is 43.6 Å². The molecule has 2 atom stereocenters. The number of nitrogens with one attached hydrogen (secondary N) is 2. The quantitative estimate of drug-likeness (QED) is 0.132. The van der Waals surface area contributed by atoms with Gasteiger partial charge in [0.2, 0.25) is 0 Å². The first-order chi connectivity index (χ1) is 26.9. The van der Waals surface area contributed by atoms with Crippen LogP contribution in [-0.4, -0.2) is 44.7 Å². The molecule has 10 nitrogen and oxygen atoms in total. The Morgan fingerprint density at radius 2 is 1.29 bits per heavy atom. The minimum absolute atomic E-state index is 0.142. The molecular weight excluding hydrogens is 723 g/mol. The van der Waals surface area contributed by atoms with Crippen LogP contribution in [0.1, 0.15) is 82.7 Å². The van der Waals surface area contributed by atoms with Crippen molar-refractivity contribution in [3.8, 4) is 0 Å². The standard InChI is InChI=1S/C24H26N4OS.C19H19N5S/c1-14(2)20(29)8-4-15-3-7-19-21(9-15)30-24-22(19)23(26-13-27-24)28-18-6-5-16-11-25-12-17(16)10-18;20-7-11-1-4-15-16(5-11)25-19-17(15)18(22-10-23-19)24-14-3-2-12-8-21-9-13(12)6-14/h5-6,10,12-15H,3-4,7-9,11H2,1-2H3,(H,26,27,28);2-3,6,9-11H,1,4-5,7-8,20H2,(H,22,23,24). The number of carbonyl (C=O) groups excluding carboxylic acids is 1. The molecule has 6 heterocycles. The zero-order valence-corrected chi connectivity index (χ0v) is 32.9. The lowest BCUT2D eigenvalue weighted by atomic mass is 9.84. The van der Waals surface area contributed by atoms with Crippen molar-refractivity contribution in [2.75, 3.05) is 17.2 Å². The number of benzene rings is 2. The van der Waals surface area contributed by atoms with Crippen LogP contribution in [0.3, 0.4) is 0 Å². The monoisotopic (exact) mass is 767 g/mol. The highest BCUT2D eigenvalue weighted by atomic mass is 32.1. The van der Waals surface area contributed by atoms with Crippen LogP contribution in [0.4, 0.5) is 23.0 Å². The largest absolute Gasteiger partial charge is 0.340 e. The number of aryl methyl sites for hydroxylation is 2. The fourth-order valence-electron chi connectivity index (χ4n) is 8.26. The van der Waals surface area contributed by atoms with Gasteiger partial charge in [-0.2, -0.15) is 0 Å². The Balaban J connectivity index is 0.000000147. The van der Waals surface area contributed by atoms with Gasteiger partial charge < -0.3 is 16.4 Å². The van der Waals surface area contributed by atoms with Gasteiger partial charge in [0, 0.05) is 45.9 Å². The summed E-state index contributed by atoms with van der Waals surface area (Å²) in [5, 5.41) is 9.39. The molecule has 55 heavy (non-hydrogen) atoms. The molecule has 0 fully saturated rings. The van der Waals surface area contributed by atoms with Crippen LogP contribution < -0.4 is 16.4 Å². The Bertz CT molecular complexity index is 2480. The van der Waals surface area contributed by atoms with Crippen molar-refractivity contribution in [1.82, 2.24) is 19.9 Å². The number of aromatic nitrogens is 4. The fraction of sp³-hybridized carbons (Fsp3) is 0.372. The van der Waals surface area contributed by atoms with Gasteiger partial charge in [0.05, 0.1) is 23.9 Å². The van der Waals surface area contributed by atoms with E-state index in [1.165, 1.54) is 53.9 Å². The number of aliphatic imine (C=N–C) groups is 2. The maximum Gasteiger partial charge on any atom is 0.142 e. The lowest BCUT2D eigenvalue weighted by molar-refractivity contribution is -0.122. The average Bonchev–Trinajstić information content (AvgIpc) is 4.01. The van der Waals surface area contributed by atoms with Crippen LogP contribution >= 0.6 is 22.7 Å². The molecule has 0 spiro atoms. The van der Waals surface area contributed by atoms with Crippen molar-refractivity contribution in [2.45, 2.75) is 78.3 Å². The number of rotatable bonds is 9. The van der Waals surface area contributed by atoms with Crippen molar-refractivity contribution in [1.29, 1.82) is 0 Å². The van der Waals surface area contributed by atoms with E-state index in [4.69, 9.17) is 5.73 Å². The van der Waals surface area contributed by atoms with E-state index in [0.717, 1.165) is 97.3 Å². The van der Waals surface area contributed by atoms with E-state index >= 15 is 0 Å². The first-order valence-electron chi connectivity index (χ1n) is 19.4. The average molecular weight is 768 g/mol. The number of nitrogens with zero attached hydrogens (tertiary/aromatic N) is 6. The third-order valence-corrected chi connectivity index (χ3v) is 13.8. The molecule has 0 saturated heterocycles. The van der Waals surface area contributed by atoms with Gasteiger partial charge in [-0.15, -0.1) is 22.7 Å². The minimum Gasteiger partial charge on any atom is -0.340 e. The third-order valence-electron chi connectivity index (χ3n) is 11.5. The van der Waals surface area contributed by atoms with E-state index in [1.54, 1.807) is 35.3 Å². The Kier molecular flexibility index (Phi) is 9.96. The lowest BCUT2D eigenvalue weighted by Gasteiger charge is -2.22. The molecule has 2 aliphatic carbocycles. The molecule has 0 radical (unpaired) electrons. The summed E-state index contributed by atoms with van der Waals surface area (Å²) in [6, 6.07) is 12.8.